The topological polar surface area (TPSA) is 42.3 Å². The number of carbonyl (C=O) groups excluding carboxylic acids is 1. The SMILES string of the molecule is CC(C)CCCCOC(=O)N1CC[OH+]CC1. The lowest BCUT2D eigenvalue weighted by atomic mass is 10.1. The molecule has 1 saturated heterocycles. The molecule has 1 aliphatic rings. The normalized spacial score (nSPS) is 16.6. The molecule has 1 aliphatic heterocycles. The fourth-order valence-electron chi connectivity index (χ4n) is 1.69. The van der Waals surface area contributed by atoms with Crippen LogP contribution in [0.15, 0.2) is 0 Å². The molecule has 0 aromatic heterocycles. The van der Waals surface area contributed by atoms with Gasteiger partial charge in [-0.05, 0) is 18.8 Å². The summed E-state index contributed by atoms with van der Waals surface area (Å²) in [6, 6.07) is 0. The Morgan fingerprint density at radius 2 is 2.00 bits per heavy atom. The molecule has 0 spiro atoms. The quantitative estimate of drug-likeness (QED) is 0.534. The summed E-state index contributed by atoms with van der Waals surface area (Å²) in [5, 5.41) is 0. The molecule has 1 amide bonds. The number of unbranched alkanes of at least 4 members (excludes halogenated alkanes) is 1. The van der Waals surface area contributed by atoms with Crippen LogP contribution in [0.4, 0.5) is 4.79 Å². The molecule has 4 nitrogen and oxygen atoms in total. The first kappa shape index (κ1) is 13.3. The molecule has 0 unspecified atom stereocenters. The van der Waals surface area contributed by atoms with Gasteiger partial charge >= 0.3 is 6.09 Å². The maximum atomic E-state index is 11.6. The maximum absolute atomic E-state index is 11.6. The second-order valence-electron chi connectivity index (χ2n) is 4.66. The van der Waals surface area contributed by atoms with Crippen molar-refractivity contribution in [2.24, 2.45) is 5.92 Å². The van der Waals surface area contributed by atoms with Gasteiger partial charge in [0.25, 0.3) is 0 Å². The van der Waals surface area contributed by atoms with E-state index in [9.17, 15) is 4.79 Å². The summed E-state index contributed by atoms with van der Waals surface area (Å²) in [6.45, 7) is 7.91. The van der Waals surface area contributed by atoms with E-state index < -0.39 is 0 Å². The third kappa shape index (κ3) is 5.35. The van der Waals surface area contributed by atoms with E-state index in [-0.39, 0.29) is 6.09 Å². The van der Waals surface area contributed by atoms with E-state index in [1.165, 1.54) is 6.42 Å². The first-order valence-corrected chi connectivity index (χ1v) is 6.25. The number of rotatable bonds is 5. The summed E-state index contributed by atoms with van der Waals surface area (Å²) in [5.74, 6) is 0.736. The molecule has 16 heavy (non-hydrogen) atoms. The number of morpholine rings is 1. The number of hydrogen-bond acceptors (Lipinski definition) is 2. The summed E-state index contributed by atoms with van der Waals surface area (Å²) < 4.78 is 9.40. The Balaban J connectivity index is 2.01. The third-order valence-corrected chi connectivity index (χ3v) is 2.72. The highest BCUT2D eigenvalue weighted by Gasteiger charge is 2.20. The predicted molar refractivity (Wildman–Crippen MR) is 63.6 cm³/mol. The molecule has 4 heteroatoms. The number of nitrogens with zero attached hydrogens (tertiary/aromatic N) is 1. The highest BCUT2D eigenvalue weighted by molar-refractivity contribution is 5.67. The molecule has 1 fully saturated rings. The zero-order valence-electron chi connectivity index (χ0n) is 10.4. The van der Waals surface area contributed by atoms with Crippen LogP contribution >= 0.6 is 0 Å². The van der Waals surface area contributed by atoms with Gasteiger partial charge in [-0.1, -0.05) is 20.3 Å². The van der Waals surface area contributed by atoms with Gasteiger partial charge in [-0.15, -0.1) is 0 Å². The van der Waals surface area contributed by atoms with Crippen LogP contribution in [0.25, 0.3) is 0 Å². The molecular formula is C12H24NO3+. The molecule has 0 radical (unpaired) electrons. The summed E-state index contributed by atoms with van der Waals surface area (Å²) in [7, 11) is 0. The van der Waals surface area contributed by atoms with Crippen molar-refractivity contribution in [3.05, 3.63) is 0 Å². The minimum atomic E-state index is -0.167. The summed E-state index contributed by atoms with van der Waals surface area (Å²) in [6.07, 6.45) is 3.15. The van der Waals surface area contributed by atoms with Crippen molar-refractivity contribution >= 4 is 6.09 Å². The number of aliphatic hydroxyl groups is 2. The van der Waals surface area contributed by atoms with Crippen molar-refractivity contribution < 1.29 is 14.3 Å². The third-order valence-electron chi connectivity index (χ3n) is 2.72. The highest BCUT2D eigenvalue weighted by Crippen LogP contribution is 2.06. The van der Waals surface area contributed by atoms with E-state index in [0.717, 1.165) is 32.0 Å². The van der Waals surface area contributed by atoms with Gasteiger partial charge in [0.2, 0.25) is 0 Å². The maximum Gasteiger partial charge on any atom is 0.410 e. The molecule has 1 heterocycles. The van der Waals surface area contributed by atoms with Crippen molar-refractivity contribution in [2.45, 2.75) is 33.1 Å². The van der Waals surface area contributed by atoms with Crippen LogP contribution in [0.1, 0.15) is 33.1 Å². The van der Waals surface area contributed by atoms with Crippen molar-refractivity contribution in [3.8, 4) is 0 Å². The molecule has 0 aromatic carbocycles. The number of amides is 1. The van der Waals surface area contributed by atoms with Crippen molar-refractivity contribution in [2.75, 3.05) is 32.9 Å². The van der Waals surface area contributed by atoms with E-state index >= 15 is 0 Å². The van der Waals surface area contributed by atoms with Gasteiger partial charge in [0, 0.05) is 0 Å². The zero-order chi connectivity index (χ0) is 11.8. The van der Waals surface area contributed by atoms with Crippen LogP contribution in [-0.2, 0) is 4.74 Å². The Morgan fingerprint density at radius 3 is 2.62 bits per heavy atom. The lowest BCUT2D eigenvalue weighted by molar-refractivity contribution is -0.0861. The Bertz CT molecular complexity index is 200. The summed E-state index contributed by atoms with van der Waals surface area (Å²) in [4.78, 5) is 13.3. The second-order valence-corrected chi connectivity index (χ2v) is 4.66. The molecule has 1 N–H and O–H groups in total. The van der Waals surface area contributed by atoms with Crippen molar-refractivity contribution in [1.82, 2.24) is 4.90 Å². The van der Waals surface area contributed by atoms with Crippen LogP contribution in [0.3, 0.4) is 0 Å². The minimum Gasteiger partial charge on any atom is -0.449 e. The Kier molecular flexibility index (Phi) is 6.23. The lowest BCUT2D eigenvalue weighted by Gasteiger charge is -2.23. The van der Waals surface area contributed by atoms with Crippen molar-refractivity contribution in [1.29, 1.82) is 0 Å². The van der Waals surface area contributed by atoms with Gasteiger partial charge < -0.3 is 9.47 Å². The molecule has 0 aromatic rings. The smallest absolute Gasteiger partial charge is 0.410 e. The largest absolute Gasteiger partial charge is 0.449 e. The van der Waals surface area contributed by atoms with E-state index in [1.54, 1.807) is 4.90 Å². The zero-order valence-corrected chi connectivity index (χ0v) is 10.4. The average Bonchev–Trinajstić information content (AvgIpc) is 2.29. The van der Waals surface area contributed by atoms with Gasteiger partial charge in [-0.25, -0.2) is 4.79 Å². The number of ether oxygens (including phenoxy) is 2. The van der Waals surface area contributed by atoms with Crippen molar-refractivity contribution in [3.63, 3.8) is 0 Å². The van der Waals surface area contributed by atoms with Crippen LogP contribution in [0.5, 0.6) is 0 Å². The Hall–Kier alpha value is -0.770. The average molecular weight is 230 g/mol. The van der Waals surface area contributed by atoms with Gasteiger partial charge in [0.15, 0.2) is 13.2 Å². The molecule has 94 valence electrons. The number of carbonyl (C=O) groups is 1. The van der Waals surface area contributed by atoms with Gasteiger partial charge in [0.1, 0.15) is 0 Å². The minimum absolute atomic E-state index is 0.167. The molecular weight excluding hydrogens is 206 g/mol. The Morgan fingerprint density at radius 1 is 1.31 bits per heavy atom. The van der Waals surface area contributed by atoms with Crippen LogP contribution in [0, 0.1) is 5.92 Å². The summed E-state index contributed by atoms with van der Waals surface area (Å²) in [5.41, 5.74) is 0. The van der Waals surface area contributed by atoms with E-state index in [0.29, 0.717) is 19.7 Å². The molecule has 0 aliphatic carbocycles. The molecule has 1 rings (SSSR count). The first-order valence-electron chi connectivity index (χ1n) is 6.25. The number of hydrogen-bond donors (Lipinski definition) is 0. The molecule has 0 bridgehead atoms. The van der Waals surface area contributed by atoms with E-state index in [1.807, 2.05) is 0 Å². The second kappa shape index (κ2) is 7.49. The van der Waals surface area contributed by atoms with Gasteiger partial charge in [-0.3, -0.25) is 4.90 Å². The van der Waals surface area contributed by atoms with Crippen LogP contribution in [-0.4, -0.2) is 48.6 Å². The van der Waals surface area contributed by atoms with E-state index in [4.69, 9.17) is 4.74 Å². The van der Waals surface area contributed by atoms with Crippen LogP contribution in [0.2, 0.25) is 0 Å². The first-order chi connectivity index (χ1) is 7.70. The standard InChI is InChI=1S/C12H23NO3/c1-11(2)5-3-4-8-16-12(14)13-6-9-15-10-7-13/h11H,3-10H2,1-2H3/p+1. The predicted octanol–water partition coefficient (Wildman–Crippen LogP) is 1.79. The highest BCUT2D eigenvalue weighted by atomic mass is 16.6. The van der Waals surface area contributed by atoms with E-state index in [2.05, 4.69) is 18.6 Å². The Labute approximate surface area is 97.9 Å². The molecule has 0 atom stereocenters. The fraction of sp³-hybridized carbons (Fsp3) is 0.917. The fourth-order valence-corrected chi connectivity index (χ4v) is 1.69. The van der Waals surface area contributed by atoms with Gasteiger partial charge in [0.05, 0.1) is 19.7 Å². The van der Waals surface area contributed by atoms with Crippen LogP contribution < -0.4 is 0 Å². The molecule has 0 saturated carbocycles. The van der Waals surface area contributed by atoms with Gasteiger partial charge in [-0.2, -0.15) is 0 Å². The summed E-state index contributed by atoms with van der Waals surface area (Å²) >= 11 is 0. The monoisotopic (exact) mass is 230 g/mol. The lowest BCUT2D eigenvalue weighted by Crippen LogP contribution is -2.42.